The van der Waals surface area contributed by atoms with Crippen molar-refractivity contribution in [1.82, 2.24) is 0 Å². The summed E-state index contributed by atoms with van der Waals surface area (Å²) in [7, 11) is 0. The maximum Gasteiger partial charge on any atom is -0.00235 e. The fourth-order valence-electron chi connectivity index (χ4n) is 7.78. The molecule has 0 bridgehead atoms. The lowest BCUT2D eigenvalue weighted by Gasteiger charge is -2.21. The van der Waals surface area contributed by atoms with Gasteiger partial charge in [0.1, 0.15) is 0 Å². The van der Waals surface area contributed by atoms with E-state index in [0.29, 0.717) is 0 Å². The van der Waals surface area contributed by atoms with Gasteiger partial charge in [0, 0.05) is 0 Å². The van der Waals surface area contributed by atoms with Gasteiger partial charge in [-0.2, -0.15) is 0 Å². The van der Waals surface area contributed by atoms with Crippen LogP contribution in [0.3, 0.4) is 0 Å². The molecule has 0 unspecified atom stereocenters. The zero-order valence-electron chi connectivity index (χ0n) is 27.2. The molecule has 0 radical (unpaired) electrons. The van der Waals surface area contributed by atoms with E-state index in [1.165, 1.54) is 98.7 Å². The summed E-state index contributed by atoms with van der Waals surface area (Å²) >= 11 is 0. The van der Waals surface area contributed by atoms with Crippen molar-refractivity contribution >= 4 is 43.1 Å². The highest BCUT2D eigenvalue weighted by molar-refractivity contribution is 6.22. The van der Waals surface area contributed by atoms with E-state index in [4.69, 9.17) is 0 Å². The van der Waals surface area contributed by atoms with Gasteiger partial charge in [0.25, 0.3) is 0 Å². The molecule has 0 saturated carbocycles. The van der Waals surface area contributed by atoms with Crippen molar-refractivity contribution in [1.29, 1.82) is 0 Å². The number of aryl methyl sites for hydroxylation is 2. The quantitative estimate of drug-likeness (QED) is 0.174. The zero-order valence-corrected chi connectivity index (χ0v) is 27.2. The molecule has 0 aliphatic rings. The van der Waals surface area contributed by atoms with Crippen LogP contribution in [0.15, 0.2) is 170 Å². The largest absolute Gasteiger partial charge is 0.0616 e. The van der Waals surface area contributed by atoms with Crippen LogP contribution in [0.1, 0.15) is 11.1 Å². The lowest BCUT2D eigenvalue weighted by atomic mass is 9.82. The third-order valence-corrected chi connectivity index (χ3v) is 10.1. The first-order valence-corrected chi connectivity index (χ1v) is 16.8. The number of benzene rings is 9. The van der Waals surface area contributed by atoms with Crippen LogP contribution in [-0.2, 0) is 0 Å². The van der Waals surface area contributed by atoms with Gasteiger partial charge in [0.15, 0.2) is 0 Å². The van der Waals surface area contributed by atoms with Crippen molar-refractivity contribution in [3.63, 3.8) is 0 Å². The molecule has 9 aromatic rings. The van der Waals surface area contributed by atoms with Crippen LogP contribution < -0.4 is 0 Å². The second-order valence-electron chi connectivity index (χ2n) is 13.0. The van der Waals surface area contributed by atoms with E-state index in [-0.39, 0.29) is 0 Å². The van der Waals surface area contributed by atoms with Gasteiger partial charge in [-0.1, -0.05) is 158 Å². The van der Waals surface area contributed by atoms with E-state index in [0.717, 1.165) is 0 Å². The molecule has 0 heteroatoms. The Morgan fingerprint density at radius 1 is 0.271 bits per heavy atom. The Kier molecular flexibility index (Phi) is 6.69. The van der Waals surface area contributed by atoms with Crippen LogP contribution in [0.5, 0.6) is 0 Å². The van der Waals surface area contributed by atoms with Crippen LogP contribution in [-0.4, -0.2) is 0 Å². The summed E-state index contributed by atoms with van der Waals surface area (Å²) in [5.41, 5.74) is 12.7. The highest BCUT2D eigenvalue weighted by Gasteiger charge is 2.20. The molecule has 0 saturated heterocycles. The lowest BCUT2D eigenvalue weighted by Crippen LogP contribution is -1.94. The average molecular weight is 611 g/mol. The summed E-state index contributed by atoms with van der Waals surface area (Å²) in [5.74, 6) is 0. The first-order valence-electron chi connectivity index (χ1n) is 16.8. The predicted molar refractivity (Wildman–Crippen MR) is 208 cm³/mol. The Hall–Kier alpha value is -5.98. The summed E-state index contributed by atoms with van der Waals surface area (Å²) in [6, 6.07) is 62.6. The van der Waals surface area contributed by atoms with Crippen molar-refractivity contribution in [3.05, 3.63) is 181 Å². The highest BCUT2D eigenvalue weighted by atomic mass is 14.2. The lowest BCUT2D eigenvalue weighted by molar-refractivity contribution is 1.46. The van der Waals surface area contributed by atoms with Gasteiger partial charge in [-0.25, -0.2) is 0 Å². The van der Waals surface area contributed by atoms with E-state index in [1.54, 1.807) is 0 Å². The number of hydrogen-bond donors (Lipinski definition) is 0. The van der Waals surface area contributed by atoms with Gasteiger partial charge in [0.05, 0.1) is 0 Å². The van der Waals surface area contributed by atoms with Crippen LogP contribution >= 0.6 is 0 Å². The Bertz CT molecular complexity index is 2440. The zero-order chi connectivity index (χ0) is 32.2. The standard InChI is InChI=1S/C48H34/c1-31-25-27-35(39-23-11-15-33-13-3-5-17-37(33)39)29-45(31)47-41-19-7-9-21-43(41)48(44-22-10-8-20-42(44)47)46-30-36(28-26-32(46)2)40-24-12-16-34-14-4-6-18-38(34)40/h3-30H,1-2H3. The van der Waals surface area contributed by atoms with Crippen LogP contribution in [0.2, 0.25) is 0 Å². The van der Waals surface area contributed by atoms with Crippen LogP contribution in [0, 0.1) is 13.8 Å². The van der Waals surface area contributed by atoms with Gasteiger partial charge in [-0.3, -0.25) is 0 Å². The number of hydrogen-bond acceptors (Lipinski definition) is 0. The average Bonchev–Trinajstić information content (AvgIpc) is 3.14. The molecule has 226 valence electrons. The molecule has 9 aromatic carbocycles. The predicted octanol–water partition coefficient (Wildman–Crippen LogP) is 13.6. The van der Waals surface area contributed by atoms with E-state index in [9.17, 15) is 0 Å². The Balaban J connectivity index is 1.32. The molecule has 9 rings (SSSR count). The first-order chi connectivity index (χ1) is 23.7. The Morgan fingerprint density at radius 3 is 1.00 bits per heavy atom. The topological polar surface area (TPSA) is 0 Å². The third-order valence-electron chi connectivity index (χ3n) is 10.1. The molecular weight excluding hydrogens is 577 g/mol. The van der Waals surface area contributed by atoms with Crippen molar-refractivity contribution < 1.29 is 0 Å². The van der Waals surface area contributed by atoms with E-state index in [2.05, 4.69) is 184 Å². The second-order valence-corrected chi connectivity index (χ2v) is 13.0. The van der Waals surface area contributed by atoms with E-state index in [1.807, 2.05) is 0 Å². The van der Waals surface area contributed by atoms with Gasteiger partial charge < -0.3 is 0 Å². The molecule has 0 spiro atoms. The molecule has 0 N–H and O–H groups in total. The molecule has 0 aliphatic carbocycles. The summed E-state index contributed by atoms with van der Waals surface area (Å²) in [4.78, 5) is 0. The van der Waals surface area contributed by atoms with Gasteiger partial charge in [-0.15, -0.1) is 0 Å². The fourth-order valence-corrected chi connectivity index (χ4v) is 7.78. The van der Waals surface area contributed by atoms with Gasteiger partial charge in [0.2, 0.25) is 0 Å². The maximum absolute atomic E-state index is 2.41. The monoisotopic (exact) mass is 610 g/mol. The van der Waals surface area contributed by atoms with Crippen molar-refractivity contribution in [2.45, 2.75) is 13.8 Å². The molecule has 0 aromatic heterocycles. The number of rotatable bonds is 4. The van der Waals surface area contributed by atoms with Gasteiger partial charge >= 0.3 is 0 Å². The van der Waals surface area contributed by atoms with Crippen LogP contribution in [0.4, 0.5) is 0 Å². The molecule has 0 atom stereocenters. The van der Waals surface area contributed by atoms with Crippen LogP contribution in [0.25, 0.3) is 87.6 Å². The van der Waals surface area contributed by atoms with E-state index >= 15 is 0 Å². The molecule has 48 heavy (non-hydrogen) atoms. The Morgan fingerprint density at radius 2 is 0.604 bits per heavy atom. The van der Waals surface area contributed by atoms with Crippen molar-refractivity contribution in [2.75, 3.05) is 0 Å². The maximum atomic E-state index is 2.41. The molecule has 0 amide bonds. The third kappa shape index (κ3) is 4.53. The summed E-state index contributed by atoms with van der Waals surface area (Å²) in [6.45, 7) is 4.49. The molecule has 0 aliphatic heterocycles. The first kappa shape index (κ1) is 28.3. The molecule has 0 nitrogen and oxygen atoms in total. The SMILES string of the molecule is Cc1ccc(-c2cccc3ccccc23)cc1-c1c2ccccc2c(-c2cc(-c3cccc4ccccc34)ccc2C)c2ccccc12. The van der Waals surface area contributed by atoms with E-state index < -0.39 is 0 Å². The Labute approximate surface area is 281 Å². The molecule has 0 fully saturated rings. The summed E-state index contributed by atoms with van der Waals surface area (Å²) in [6.07, 6.45) is 0. The summed E-state index contributed by atoms with van der Waals surface area (Å²) < 4.78 is 0. The van der Waals surface area contributed by atoms with Gasteiger partial charge in [-0.05, 0) is 125 Å². The normalized spacial score (nSPS) is 11.5. The smallest absolute Gasteiger partial charge is 0.00235 e. The molecular formula is C48H34. The second kappa shape index (κ2) is 11.4. The molecule has 0 heterocycles. The minimum Gasteiger partial charge on any atom is -0.0616 e. The minimum absolute atomic E-state index is 1.24. The number of fused-ring (bicyclic) bond motifs is 4. The van der Waals surface area contributed by atoms with Crippen molar-refractivity contribution in [3.8, 4) is 44.5 Å². The fraction of sp³-hybridized carbons (Fsp3) is 0.0417. The minimum atomic E-state index is 1.24. The van der Waals surface area contributed by atoms with Crippen molar-refractivity contribution in [2.24, 2.45) is 0 Å². The summed E-state index contributed by atoms with van der Waals surface area (Å²) in [5, 5.41) is 10.2. The highest BCUT2D eigenvalue weighted by Crippen LogP contribution is 2.47.